The summed E-state index contributed by atoms with van der Waals surface area (Å²) in [6.45, 7) is 0. The van der Waals surface area contributed by atoms with Crippen LogP contribution in [0.5, 0.6) is 0 Å². The van der Waals surface area contributed by atoms with Gasteiger partial charge in [-0.3, -0.25) is 9.80 Å². The van der Waals surface area contributed by atoms with Crippen LogP contribution in [0, 0.1) is 0 Å². The molecule has 4 heteroatoms. The number of nitrogens with two attached hydrogens (primary N) is 1. The lowest BCUT2D eigenvalue weighted by Gasteiger charge is -2.20. The molecule has 0 atom stereocenters. The first-order chi connectivity index (χ1) is 7.08. The van der Waals surface area contributed by atoms with Gasteiger partial charge in [-0.25, -0.2) is 5.84 Å². The molecule has 0 unspecified atom stereocenters. The Bertz CT molecular complexity index is 399. The molecule has 15 heavy (non-hydrogen) atoms. The van der Waals surface area contributed by atoms with Crippen molar-refractivity contribution in [2.75, 3.05) is 7.05 Å². The Hall–Kier alpha value is -0.870. The lowest BCUT2D eigenvalue weighted by molar-refractivity contribution is -0.132. The molecule has 0 bridgehead atoms. The van der Waals surface area contributed by atoms with Gasteiger partial charge in [0.25, 0.3) is 0 Å². The van der Waals surface area contributed by atoms with E-state index in [-0.39, 0.29) is 11.3 Å². The number of benzene rings is 1. The number of hydrazine groups is 1. The van der Waals surface area contributed by atoms with E-state index in [0.29, 0.717) is 0 Å². The molecule has 0 saturated heterocycles. The molecule has 1 amide bonds. The van der Waals surface area contributed by atoms with Gasteiger partial charge >= 0.3 is 0 Å². The van der Waals surface area contributed by atoms with Crippen LogP contribution in [0.4, 0.5) is 0 Å². The van der Waals surface area contributed by atoms with Crippen molar-refractivity contribution >= 4 is 21.8 Å². The molecule has 1 aromatic rings. The summed E-state index contributed by atoms with van der Waals surface area (Å²) >= 11 is 3.48. The number of hydrogen-bond acceptors (Lipinski definition) is 2. The number of carbonyl (C=O) groups is 1. The van der Waals surface area contributed by atoms with Gasteiger partial charge in [-0.1, -0.05) is 34.1 Å². The lowest BCUT2D eigenvalue weighted by Crippen LogP contribution is -2.41. The number of likely N-dealkylation sites (N-methyl/N-ethyl adjacent to an activating group) is 1. The van der Waals surface area contributed by atoms with Crippen molar-refractivity contribution in [3.8, 4) is 0 Å². The average Bonchev–Trinajstić information content (AvgIpc) is 2.98. The second kappa shape index (κ2) is 3.61. The molecule has 80 valence electrons. The molecule has 1 saturated carbocycles. The van der Waals surface area contributed by atoms with Crippen molar-refractivity contribution in [2.45, 2.75) is 18.3 Å². The van der Waals surface area contributed by atoms with Crippen LogP contribution in [0.1, 0.15) is 18.4 Å². The van der Waals surface area contributed by atoms with Gasteiger partial charge in [-0.15, -0.1) is 0 Å². The van der Waals surface area contributed by atoms with Crippen molar-refractivity contribution in [3.63, 3.8) is 0 Å². The molecule has 0 heterocycles. The standard InChI is InChI=1S/C11H13BrN2O/c1-14(13)10(15)11(6-7-11)8-4-2-3-5-9(8)12/h2-5H,6-7,13H2,1H3. The highest BCUT2D eigenvalue weighted by Gasteiger charge is 2.53. The minimum absolute atomic E-state index is 0.00519. The van der Waals surface area contributed by atoms with Crippen LogP contribution < -0.4 is 5.84 Å². The van der Waals surface area contributed by atoms with Gasteiger partial charge in [0.2, 0.25) is 5.91 Å². The number of amides is 1. The van der Waals surface area contributed by atoms with Crippen LogP contribution in [0.3, 0.4) is 0 Å². The summed E-state index contributed by atoms with van der Waals surface area (Å²) in [5.74, 6) is 5.51. The van der Waals surface area contributed by atoms with Crippen molar-refractivity contribution in [1.82, 2.24) is 5.01 Å². The molecular formula is C11H13BrN2O. The van der Waals surface area contributed by atoms with E-state index >= 15 is 0 Å². The fraction of sp³-hybridized carbons (Fsp3) is 0.364. The summed E-state index contributed by atoms with van der Waals surface area (Å²) in [4.78, 5) is 12.0. The van der Waals surface area contributed by atoms with E-state index in [9.17, 15) is 4.79 Å². The lowest BCUT2D eigenvalue weighted by atomic mass is 9.95. The minimum atomic E-state index is -0.371. The van der Waals surface area contributed by atoms with E-state index in [1.807, 2.05) is 24.3 Å². The quantitative estimate of drug-likeness (QED) is 0.505. The van der Waals surface area contributed by atoms with E-state index in [1.165, 1.54) is 5.01 Å². The van der Waals surface area contributed by atoms with Crippen molar-refractivity contribution in [3.05, 3.63) is 34.3 Å². The van der Waals surface area contributed by atoms with Crippen LogP contribution in [0.25, 0.3) is 0 Å². The van der Waals surface area contributed by atoms with Crippen molar-refractivity contribution in [2.24, 2.45) is 5.84 Å². The minimum Gasteiger partial charge on any atom is -0.283 e. The Labute approximate surface area is 97.3 Å². The zero-order valence-corrected chi connectivity index (χ0v) is 10.1. The van der Waals surface area contributed by atoms with Gasteiger partial charge < -0.3 is 0 Å². The molecule has 2 N–H and O–H groups in total. The predicted molar refractivity (Wildman–Crippen MR) is 62.0 cm³/mol. The summed E-state index contributed by atoms with van der Waals surface area (Å²) in [6, 6.07) is 7.84. The molecule has 0 aromatic heterocycles. The summed E-state index contributed by atoms with van der Waals surface area (Å²) in [5.41, 5.74) is 0.677. The van der Waals surface area contributed by atoms with Crippen LogP contribution in [0.15, 0.2) is 28.7 Å². The number of halogens is 1. The highest BCUT2D eigenvalue weighted by Crippen LogP contribution is 2.51. The van der Waals surface area contributed by atoms with Gasteiger partial charge in [0.05, 0.1) is 5.41 Å². The van der Waals surface area contributed by atoms with Crippen LogP contribution in [-0.4, -0.2) is 18.0 Å². The third kappa shape index (κ3) is 1.68. The second-order valence-electron chi connectivity index (χ2n) is 3.98. The Balaban J connectivity index is 2.39. The fourth-order valence-electron chi connectivity index (χ4n) is 1.91. The molecule has 0 radical (unpaired) electrons. The van der Waals surface area contributed by atoms with Crippen LogP contribution in [-0.2, 0) is 10.2 Å². The molecule has 1 aliphatic rings. The third-order valence-electron chi connectivity index (χ3n) is 2.87. The number of nitrogens with zero attached hydrogens (tertiary/aromatic N) is 1. The van der Waals surface area contributed by atoms with E-state index in [0.717, 1.165) is 22.9 Å². The van der Waals surface area contributed by atoms with Crippen LogP contribution >= 0.6 is 15.9 Å². The smallest absolute Gasteiger partial charge is 0.246 e. The first-order valence-corrected chi connectivity index (χ1v) is 5.65. The molecular weight excluding hydrogens is 256 g/mol. The van der Waals surface area contributed by atoms with E-state index < -0.39 is 0 Å². The highest BCUT2D eigenvalue weighted by atomic mass is 79.9. The topological polar surface area (TPSA) is 46.3 Å². The zero-order chi connectivity index (χ0) is 11.1. The largest absolute Gasteiger partial charge is 0.283 e. The van der Waals surface area contributed by atoms with Crippen LogP contribution in [0.2, 0.25) is 0 Å². The SMILES string of the molecule is CN(N)C(=O)C1(c2ccccc2Br)CC1. The summed E-state index contributed by atoms with van der Waals surface area (Å²) < 4.78 is 0.984. The van der Waals surface area contributed by atoms with Crippen molar-refractivity contribution in [1.29, 1.82) is 0 Å². The normalized spacial score (nSPS) is 17.3. The average molecular weight is 269 g/mol. The summed E-state index contributed by atoms with van der Waals surface area (Å²) in [7, 11) is 1.60. The van der Waals surface area contributed by atoms with Gasteiger partial charge in [-0.2, -0.15) is 0 Å². The molecule has 3 nitrogen and oxygen atoms in total. The Morgan fingerprint density at radius 3 is 2.53 bits per heavy atom. The second-order valence-corrected chi connectivity index (χ2v) is 4.83. The molecule has 1 aliphatic carbocycles. The Morgan fingerprint density at radius 1 is 1.47 bits per heavy atom. The van der Waals surface area contributed by atoms with Gasteiger partial charge in [0, 0.05) is 11.5 Å². The first kappa shape index (κ1) is 10.6. The maximum absolute atomic E-state index is 12.0. The Morgan fingerprint density at radius 2 is 2.07 bits per heavy atom. The number of carbonyl (C=O) groups excluding carboxylic acids is 1. The van der Waals surface area contributed by atoms with E-state index in [4.69, 9.17) is 5.84 Å². The third-order valence-corrected chi connectivity index (χ3v) is 3.56. The first-order valence-electron chi connectivity index (χ1n) is 4.86. The number of rotatable bonds is 2. The maximum Gasteiger partial charge on any atom is 0.246 e. The predicted octanol–water partition coefficient (Wildman–Crippen LogP) is 1.81. The highest BCUT2D eigenvalue weighted by molar-refractivity contribution is 9.10. The maximum atomic E-state index is 12.0. The molecule has 0 aliphatic heterocycles. The summed E-state index contributed by atoms with van der Waals surface area (Å²) in [5, 5.41) is 1.19. The summed E-state index contributed by atoms with van der Waals surface area (Å²) in [6.07, 6.45) is 1.77. The molecule has 0 spiro atoms. The van der Waals surface area contributed by atoms with Gasteiger partial charge in [0.1, 0.15) is 0 Å². The van der Waals surface area contributed by atoms with E-state index in [1.54, 1.807) is 7.05 Å². The Kier molecular flexibility index (Phi) is 2.56. The van der Waals surface area contributed by atoms with Crippen molar-refractivity contribution < 1.29 is 4.79 Å². The molecule has 1 aromatic carbocycles. The molecule has 2 rings (SSSR count). The number of hydrogen-bond donors (Lipinski definition) is 1. The van der Waals surface area contributed by atoms with E-state index in [2.05, 4.69) is 15.9 Å². The van der Waals surface area contributed by atoms with Gasteiger partial charge in [-0.05, 0) is 24.5 Å². The monoisotopic (exact) mass is 268 g/mol. The molecule has 1 fully saturated rings. The fourth-order valence-corrected chi connectivity index (χ4v) is 2.57. The van der Waals surface area contributed by atoms with Gasteiger partial charge in [0.15, 0.2) is 0 Å². The zero-order valence-electron chi connectivity index (χ0n) is 8.53.